The largest absolute Gasteiger partial charge is 0.483 e. The zero-order valence-corrected chi connectivity index (χ0v) is 10.4. The second-order valence-corrected chi connectivity index (χ2v) is 4.60. The van der Waals surface area contributed by atoms with Gasteiger partial charge in [-0.1, -0.05) is 0 Å². The van der Waals surface area contributed by atoms with Crippen molar-refractivity contribution in [2.45, 2.75) is 12.8 Å². The van der Waals surface area contributed by atoms with Gasteiger partial charge in [0.15, 0.2) is 6.61 Å². The van der Waals surface area contributed by atoms with E-state index in [1.807, 2.05) is 0 Å². The van der Waals surface area contributed by atoms with Crippen molar-refractivity contribution in [2.75, 3.05) is 18.9 Å². The lowest BCUT2D eigenvalue weighted by molar-refractivity contribution is -0.123. The molecule has 0 atom stereocenters. The summed E-state index contributed by atoms with van der Waals surface area (Å²) in [4.78, 5) is 22.5. The topological polar surface area (TPSA) is 102 Å². The van der Waals surface area contributed by atoms with Crippen molar-refractivity contribution in [1.29, 1.82) is 0 Å². The van der Waals surface area contributed by atoms with Gasteiger partial charge in [-0.15, -0.1) is 0 Å². The molecule has 2 rings (SSSR count). The second kappa shape index (κ2) is 5.60. The fourth-order valence-corrected chi connectivity index (χ4v) is 1.61. The van der Waals surface area contributed by atoms with Crippen LogP contribution in [0, 0.1) is 5.92 Å². The number of benzene rings is 1. The third-order valence-corrected chi connectivity index (χ3v) is 2.88. The maximum atomic E-state index is 11.5. The Morgan fingerprint density at radius 1 is 1.42 bits per heavy atom. The first-order valence-corrected chi connectivity index (χ1v) is 6.08. The molecule has 0 unspecified atom stereocenters. The molecule has 1 fully saturated rings. The summed E-state index contributed by atoms with van der Waals surface area (Å²) in [6.45, 7) is 0.446. The number of carbonyl (C=O) groups is 2. The summed E-state index contributed by atoms with van der Waals surface area (Å²) in [6.07, 6.45) is 2.30. The van der Waals surface area contributed by atoms with Crippen molar-refractivity contribution in [3.63, 3.8) is 0 Å². The summed E-state index contributed by atoms with van der Waals surface area (Å²) < 4.78 is 5.22. The predicted octanol–water partition coefficient (Wildman–Crippen LogP) is 0.872. The van der Waals surface area contributed by atoms with Crippen LogP contribution in [0.5, 0.6) is 5.75 Å². The SMILES string of the molecule is Nc1ccc(C(=O)O)c(OCC(=O)NCC2CC2)c1. The highest BCUT2D eigenvalue weighted by atomic mass is 16.5. The van der Waals surface area contributed by atoms with Crippen LogP contribution in [0.2, 0.25) is 0 Å². The molecule has 0 heterocycles. The molecule has 0 radical (unpaired) electrons. The lowest BCUT2D eigenvalue weighted by Crippen LogP contribution is -2.30. The number of carbonyl (C=O) groups excluding carboxylic acids is 1. The molecule has 0 spiro atoms. The van der Waals surface area contributed by atoms with Crippen molar-refractivity contribution < 1.29 is 19.4 Å². The Morgan fingerprint density at radius 3 is 2.79 bits per heavy atom. The van der Waals surface area contributed by atoms with Crippen molar-refractivity contribution in [3.05, 3.63) is 23.8 Å². The number of rotatable bonds is 6. The standard InChI is InChI=1S/C13H16N2O4/c14-9-3-4-10(13(17)18)11(5-9)19-7-12(16)15-6-8-1-2-8/h3-5,8H,1-2,6-7,14H2,(H,15,16)(H,17,18). The van der Waals surface area contributed by atoms with E-state index in [0.29, 0.717) is 18.2 Å². The van der Waals surface area contributed by atoms with E-state index in [0.717, 1.165) is 12.8 Å². The van der Waals surface area contributed by atoms with E-state index in [2.05, 4.69) is 5.32 Å². The highest BCUT2D eigenvalue weighted by Gasteiger charge is 2.21. The van der Waals surface area contributed by atoms with Gasteiger partial charge in [-0.3, -0.25) is 4.79 Å². The number of hydrogen-bond acceptors (Lipinski definition) is 4. The average Bonchev–Trinajstić information content (AvgIpc) is 3.17. The number of carboxylic acids is 1. The summed E-state index contributed by atoms with van der Waals surface area (Å²) in [5.74, 6) is -0.681. The molecule has 1 amide bonds. The molecule has 1 aliphatic carbocycles. The Kier molecular flexibility index (Phi) is 3.89. The van der Waals surface area contributed by atoms with E-state index in [1.54, 1.807) is 0 Å². The smallest absolute Gasteiger partial charge is 0.339 e. The lowest BCUT2D eigenvalue weighted by atomic mass is 10.2. The molecule has 4 N–H and O–H groups in total. The van der Waals surface area contributed by atoms with E-state index in [1.165, 1.54) is 18.2 Å². The number of hydrogen-bond donors (Lipinski definition) is 3. The van der Waals surface area contributed by atoms with Gasteiger partial charge in [0.25, 0.3) is 5.91 Å². The normalized spacial score (nSPS) is 13.9. The van der Waals surface area contributed by atoms with Crippen LogP contribution < -0.4 is 15.8 Å². The fourth-order valence-electron chi connectivity index (χ4n) is 1.61. The van der Waals surface area contributed by atoms with Gasteiger partial charge < -0.3 is 20.9 Å². The third-order valence-electron chi connectivity index (χ3n) is 2.88. The van der Waals surface area contributed by atoms with Gasteiger partial charge in [0.1, 0.15) is 11.3 Å². The predicted molar refractivity (Wildman–Crippen MR) is 69.0 cm³/mol. The molecule has 1 aromatic carbocycles. The van der Waals surface area contributed by atoms with Gasteiger partial charge in [-0.2, -0.15) is 0 Å². The number of ether oxygens (including phenoxy) is 1. The highest BCUT2D eigenvalue weighted by molar-refractivity contribution is 5.91. The second-order valence-electron chi connectivity index (χ2n) is 4.60. The molecular formula is C13H16N2O4. The van der Waals surface area contributed by atoms with Crippen LogP contribution in [0.4, 0.5) is 5.69 Å². The first kappa shape index (κ1) is 13.2. The maximum absolute atomic E-state index is 11.5. The Bertz CT molecular complexity index is 497. The van der Waals surface area contributed by atoms with Gasteiger partial charge in [-0.25, -0.2) is 4.79 Å². The lowest BCUT2D eigenvalue weighted by Gasteiger charge is -2.10. The third kappa shape index (κ3) is 3.87. The Labute approximate surface area is 110 Å². The first-order chi connectivity index (χ1) is 9.06. The zero-order valence-electron chi connectivity index (χ0n) is 10.4. The zero-order chi connectivity index (χ0) is 13.8. The van der Waals surface area contributed by atoms with Gasteiger partial charge in [-0.05, 0) is 30.9 Å². The van der Waals surface area contributed by atoms with E-state index in [4.69, 9.17) is 15.6 Å². The minimum atomic E-state index is -1.12. The van der Waals surface area contributed by atoms with Crippen LogP contribution >= 0.6 is 0 Å². The Hall–Kier alpha value is -2.24. The van der Waals surface area contributed by atoms with Gasteiger partial charge in [0.2, 0.25) is 0 Å². The van der Waals surface area contributed by atoms with E-state index < -0.39 is 5.97 Å². The van der Waals surface area contributed by atoms with Crippen LogP contribution in [0.1, 0.15) is 23.2 Å². The molecule has 6 heteroatoms. The first-order valence-electron chi connectivity index (χ1n) is 6.08. The van der Waals surface area contributed by atoms with Gasteiger partial charge >= 0.3 is 5.97 Å². The van der Waals surface area contributed by atoms with Crippen molar-refractivity contribution >= 4 is 17.6 Å². The van der Waals surface area contributed by atoms with E-state index in [-0.39, 0.29) is 23.8 Å². The molecule has 102 valence electrons. The number of nitrogen functional groups attached to an aromatic ring is 1. The number of aromatic carboxylic acids is 1. The molecule has 0 saturated heterocycles. The number of carboxylic acid groups (broad SMARTS) is 1. The monoisotopic (exact) mass is 264 g/mol. The van der Waals surface area contributed by atoms with Crippen molar-refractivity contribution in [3.8, 4) is 5.75 Å². The van der Waals surface area contributed by atoms with E-state index in [9.17, 15) is 9.59 Å². The molecule has 1 saturated carbocycles. The molecule has 0 bridgehead atoms. The van der Waals surface area contributed by atoms with Crippen LogP contribution in [0.25, 0.3) is 0 Å². The van der Waals surface area contributed by atoms with Crippen molar-refractivity contribution in [1.82, 2.24) is 5.32 Å². The van der Waals surface area contributed by atoms with Crippen LogP contribution in [-0.2, 0) is 4.79 Å². The molecule has 1 aromatic rings. The maximum Gasteiger partial charge on any atom is 0.339 e. The molecular weight excluding hydrogens is 248 g/mol. The minimum Gasteiger partial charge on any atom is -0.483 e. The minimum absolute atomic E-state index is 0.0100. The molecule has 19 heavy (non-hydrogen) atoms. The average molecular weight is 264 g/mol. The highest BCUT2D eigenvalue weighted by Crippen LogP contribution is 2.27. The van der Waals surface area contributed by atoms with Crippen LogP contribution in [0.3, 0.4) is 0 Å². The Morgan fingerprint density at radius 2 is 2.16 bits per heavy atom. The molecule has 0 aromatic heterocycles. The molecule has 0 aliphatic heterocycles. The van der Waals surface area contributed by atoms with E-state index >= 15 is 0 Å². The van der Waals surface area contributed by atoms with Gasteiger partial charge in [0, 0.05) is 18.3 Å². The fraction of sp³-hybridized carbons (Fsp3) is 0.385. The number of anilines is 1. The summed E-state index contributed by atoms with van der Waals surface area (Å²) in [5, 5.41) is 11.7. The van der Waals surface area contributed by atoms with Crippen molar-refractivity contribution in [2.24, 2.45) is 5.92 Å². The van der Waals surface area contributed by atoms with Crippen LogP contribution in [-0.4, -0.2) is 30.1 Å². The summed E-state index contributed by atoms with van der Waals surface area (Å²) >= 11 is 0. The summed E-state index contributed by atoms with van der Waals surface area (Å²) in [5.41, 5.74) is 5.94. The number of nitrogens with two attached hydrogens (primary N) is 1. The van der Waals surface area contributed by atoms with Crippen LogP contribution in [0.15, 0.2) is 18.2 Å². The number of nitrogens with one attached hydrogen (secondary N) is 1. The summed E-state index contributed by atoms with van der Waals surface area (Å²) in [6, 6.07) is 4.23. The molecule has 6 nitrogen and oxygen atoms in total. The quantitative estimate of drug-likeness (QED) is 0.662. The van der Waals surface area contributed by atoms with Gasteiger partial charge in [0.05, 0.1) is 0 Å². The Balaban J connectivity index is 1.91. The molecule has 1 aliphatic rings. The number of amides is 1. The summed E-state index contributed by atoms with van der Waals surface area (Å²) in [7, 11) is 0.